The summed E-state index contributed by atoms with van der Waals surface area (Å²) in [5, 5.41) is 3.49. The van der Waals surface area contributed by atoms with Crippen LogP contribution in [-0.4, -0.2) is 13.0 Å². The van der Waals surface area contributed by atoms with Crippen LogP contribution in [-0.2, 0) is 0 Å². The first-order chi connectivity index (χ1) is 14.0. The van der Waals surface area contributed by atoms with Crippen molar-refractivity contribution in [1.82, 2.24) is 0 Å². The largest absolute Gasteiger partial charge is 0.497 e. The zero-order chi connectivity index (χ0) is 20.4. The molecule has 1 N–H and O–H groups in total. The van der Waals surface area contributed by atoms with Crippen LogP contribution < -0.4 is 15.5 Å². The van der Waals surface area contributed by atoms with Crippen molar-refractivity contribution in [1.29, 1.82) is 0 Å². The lowest BCUT2D eigenvalue weighted by molar-refractivity contribution is 0.102. The molecule has 3 aromatic carbocycles. The molecule has 0 aliphatic heterocycles. The van der Waals surface area contributed by atoms with Crippen LogP contribution in [0.25, 0.3) is 22.3 Å². The second kappa shape index (κ2) is 7.81. The van der Waals surface area contributed by atoms with Crippen LogP contribution in [0.4, 0.5) is 5.69 Å². The van der Waals surface area contributed by atoms with Crippen molar-refractivity contribution in [3.05, 3.63) is 93.6 Å². The summed E-state index contributed by atoms with van der Waals surface area (Å²) in [5.41, 5.74) is 1.83. The minimum atomic E-state index is -0.353. The number of nitrogens with one attached hydrogen (secondary N) is 1. The third kappa shape index (κ3) is 3.86. The Labute approximate surface area is 171 Å². The van der Waals surface area contributed by atoms with E-state index in [1.165, 1.54) is 6.07 Å². The first-order valence-electron chi connectivity index (χ1n) is 8.83. The van der Waals surface area contributed by atoms with E-state index in [9.17, 15) is 9.59 Å². The molecule has 0 radical (unpaired) electrons. The molecule has 1 amide bonds. The van der Waals surface area contributed by atoms with E-state index in [0.717, 1.165) is 11.3 Å². The molecule has 4 aromatic rings. The maximum atomic E-state index is 12.6. The Morgan fingerprint density at radius 2 is 1.76 bits per heavy atom. The molecule has 0 saturated carbocycles. The van der Waals surface area contributed by atoms with Crippen LogP contribution in [0.2, 0.25) is 5.02 Å². The van der Waals surface area contributed by atoms with Crippen LogP contribution >= 0.6 is 11.6 Å². The molecule has 5 nitrogen and oxygen atoms in total. The Bertz CT molecular complexity index is 1260. The molecule has 4 rings (SSSR count). The van der Waals surface area contributed by atoms with Gasteiger partial charge in [-0.25, -0.2) is 0 Å². The van der Waals surface area contributed by atoms with E-state index in [-0.39, 0.29) is 11.3 Å². The number of hydrogen-bond donors (Lipinski definition) is 1. The highest BCUT2D eigenvalue weighted by Gasteiger charge is 2.12. The van der Waals surface area contributed by atoms with Gasteiger partial charge in [-0.1, -0.05) is 23.7 Å². The molecular formula is C23H16ClNO4. The highest BCUT2D eigenvalue weighted by Crippen LogP contribution is 2.26. The molecule has 0 fully saturated rings. The zero-order valence-electron chi connectivity index (χ0n) is 15.4. The standard InChI is InChI=1S/C23H16ClNO4/c1-28-16-9-6-14(7-10-16)22-13-20(26)18-12-15(8-11-21(18)29-22)25-23(27)17-4-2-3-5-19(17)24/h2-13H,1H3,(H,25,27). The zero-order valence-corrected chi connectivity index (χ0v) is 16.2. The Morgan fingerprint density at radius 1 is 1.00 bits per heavy atom. The Hall–Kier alpha value is -3.57. The van der Waals surface area contributed by atoms with Crippen LogP contribution in [0.1, 0.15) is 10.4 Å². The Kier molecular flexibility index (Phi) is 5.06. The number of fused-ring (bicyclic) bond motifs is 1. The van der Waals surface area contributed by atoms with E-state index >= 15 is 0 Å². The Morgan fingerprint density at radius 3 is 2.48 bits per heavy atom. The van der Waals surface area contributed by atoms with Gasteiger partial charge in [0.2, 0.25) is 0 Å². The molecule has 0 atom stereocenters. The SMILES string of the molecule is COc1ccc(-c2cc(=O)c3cc(NC(=O)c4ccccc4Cl)ccc3o2)cc1. The molecule has 0 aliphatic rings. The van der Waals surface area contributed by atoms with Gasteiger partial charge in [-0.3, -0.25) is 9.59 Å². The number of halogens is 1. The predicted molar refractivity (Wildman–Crippen MR) is 114 cm³/mol. The lowest BCUT2D eigenvalue weighted by Gasteiger charge is -2.08. The van der Waals surface area contributed by atoms with Crippen molar-refractivity contribution in [2.24, 2.45) is 0 Å². The van der Waals surface area contributed by atoms with Gasteiger partial charge < -0.3 is 14.5 Å². The smallest absolute Gasteiger partial charge is 0.257 e. The minimum Gasteiger partial charge on any atom is -0.497 e. The molecule has 144 valence electrons. The quantitative estimate of drug-likeness (QED) is 0.495. The lowest BCUT2D eigenvalue weighted by atomic mass is 10.1. The first kappa shape index (κ1) is 18.8. The molecule has 29 heavy (non-hydrogen) atoms. The van der Waals surface area contributed by atoms with Crippen LogP contribution in [0.15, 0.2) is 82.0 Å². The summed E-state index contributed by atoms with van der Waals surface area (Å²) in [6.45, 7) is 0. The molecule has 0 bridgehead atoms. The Balaban J connectivity index is 1.66. The van der Waals surface area contributed by atoms with Crippen molar-refractivity contribution < 1.29 is 13.9 Å². The average Bonchev–Trinajstić information content (AvgIpc) is 2.74. The van der Waals surface area contributed by atoms with Crippen molar-refractivity contribution in [2.75, 3.05) is 12.4 Å². The van der Waals surface area contributed by atoms with E-state index in [1.807, 2.05) is 12.1 Å². The van der Waals surface area contributed by atoms with Gasteiger partial charge >= 0.3 is 0 Å². The van der Waals surface area contributed by atoms with Crippen LogP contribution in [0.5, 0.6) is 5.75 Å². The van der Waals surface area contributed by atoms with Gasteiger partial charge in [-0.2, -0.15) is 0 Å². The predicted octanol–water partition coefficient (Wildman–Crippen LogP) is 5.37. The molecule has 0 spiro atoms. The molecule has 1 heterocycles. The number of methoxy groups -OCH3 is 1. The number of amides is 1. The molecular weight excluding hydrogens is 390 g/mol. The van der Waals surface area contributed by atoms with Gasteiger partial charge in [0, 0.05) is 17.3 Å². The number of anilines is 1. The van der Waals surface area contributed by atoms with Crippen molar-refractivity contribution >= 4 is 34.2 Å². The molecule has 0 saturated heterocycles. The van der Waals surface area contributed by atoms with E-state index < -0.39 is 0 Å². The summed E-state index contributed by atoms with van der Waals surface area (Å²) >= 11 is 6.07. The van der Waals surface area contributed by atoms with Gasteiger partial charge in [0.25, 0.3) is 5.91 Å². The topological polar surface area (TPSA) is 68.5 Å². The summed E-state index contributed by atoms with van der Waals surface area (Å²) < 4.78 is 11.0. The van der Waals surface area contributed by atoms with Crippen molar-refractivity contribution in [3.8, 4) is 17.1 Å². The fraction of sp³-hybridized carbons (Fsp3) is 0.0435. The number of ether oxygens (including phenoxy) is 1. The average molecular weight is 406 g/mol. The first-order valence-corrected chi connectivity index (χ1v) is 9.21. The van der Waals surface area contributed by atoms with Crippen LogP contribution in [0.3, 0.4) is 0 Å². The minimum absolute atomic E-state index is 0.203. The normalized spacial score (nSPS) is 10.7. The highest BCUT2D eigenvalue weighted by molar-refractivity contribution is 6.34. The molecule has 0 unspecified atom stereocenters. The molecule has 0 aliphatic carbocycles. The molecule has 6 heteroatoms. The number of benzene rings is 3. The highest BCUT2D eigenvalue weighted by atomic mass is 35.5. The maximum absolute atomic E-state index is 12.6. The number of rotatable bonds is 4. The number of carbonyl (C=O) groups excluding carboxylic acids is 1. The summed E-state index contributed by atoms with van der Waals surface area (Å²) in [6.07, 6.45) is 0. The second-order valence-electron chi connectivity index (χ2n) is 6.35. The third-order valence-corrected chi connectivity index (χ3v) is 4.81. The fourth-order valence-corrected chi connectivity index (χ4v) is 3.20. The monoisotopic (exact) mass is 405 g/mol. The van der Waals surface area contributed by atoms with Gasteiger partial charge in [0.1, 0.15) is 17.1 Å². The summed E-state index contributed by atoms with van der Waals surface area (Å²) in [7, 11) is 1.59. The van der Waals surface area contributed by atoms with E-state index in [4.69, 9.17) is 20.8 Å². The van der Waals surface area contributed by atoms with Crippen LogP contribution in [0, 0.1) is 0 Å². The van der Waals surface area contributed by atoms with Gasteiger partial charge in [0.05, 0.1) is 23.1 Å². The molecule has 1 aromatic heterocycles. The van der Waals surface area contributed by atoms with Gasteiger partial charge in [-0.05, 0) is 54.6 Å². The van der Waals surface area contributed by atoms with Gasteiger partial charge in [-0.15, -0.1) is 0 Å². The van der Waals surface area contributed by atoms with E-state index in [1.54, 1.807) is 61.7 Å². The van der Waals surface area contributed by atoms with Gasteiger partial charge in [0.15, 0.2) is 5.43 Å². The summed E-state index contributed by atoms with van der Waals surface area (Å²) in [4.78, 5) is 25.1. The summed E-state index contributed by atoms with van der Waals surface area (Å²) in [5.74, 6) is 0.822. The van der Waals surface area contributed by atoms with Crippen molar-refractivity contribution in [3.63, 3.8) is 0 Å². The number of carbonyl (C=O) groups is 1. The van der Waals surface area contributed by atoms with Crippen molar-refractivity contribution in [2.45, 2.75) is 0 Å². The maximum Gasteiger partial charge on any atom is 0.257 e. The second-order valence-corrected chi connectivity index (χ2v) is 6.76. The van der Waals surface area contributed by atoms with E-state index in [2.05, 4.69) is 5.32 Å². The van der Waals surface area contributed by atoms with E-state index in [0.29, 0.717) is 33.0 Å². The number of hydrogen-bond acceptors (Lipinski definition) is 4. The third-order valence-electron chi connectivity index (χ3n) is 4.48. The summed E-state index contributed by atoms with van der Waals surface area (Å²) in [6, 6.07) is 20.4. The fourth-order valence-electron chi connectivity index (χ4n) is 2.98. The lowest BCUT2D eigenvalue weighted by Crippen LogP contribution is -2.12.